The molecule has 2 rings (SSSR count). The second kappa shape index (κ2) is 5.79. The number of hydrogen-bond donors (Lipinski definition) is 1. The number of nitrogens with two attached hydrogens (primary N) is 1. The third kappa shape index (κ3) is 3.12. The molecule has 0 bridgehead atoms. The zero-order valence-corrected chi connectivity index (χ0v) is 14.3. The molecule has 0 fully saturated rings. The quantitative estimate of drug-likeness (QED) is 0.940. The van der Waals surface area contributed by atoms with Gasteiger partial charge in [-0.3, -0.25) is 4.31 Å². The van der Waals surface area contributed by atoms with Crippen LogP contribution < -0.4 is 10.0 Å². The zero-order valence-electron chi connectivity index (χ0n) is 12.7. The van der Waals surface area contributed by atoms with Crippen LogP contribution in [-0.4, -0.2) is 15.5 Å². The summed E-state index contributed by atoms with van der Waals surface area (Å²) in [5.41, 5.74) is 9.31. The molecule has 0 aliphatic heterocycles. The molecule has 0 atom stereocenters. The van der Waals surface area contributed by atoms with Crippen LogP contribution in [0.3, 0.4) is 0 Å². The number of benzene rings is 1. The lowest BCUT2D eigenvalue weighted by Crippen LogP contribution is -2.26. The van der Waals surface area contributed by atoms with Gasteiger partial charge in [0.2, 0.25) is 0 Å². The number of aryl methyl sites for hydroxylation is 3. The Balaban J connectivity index is 2.46. The lowest BCUT2D eigenvalue weighted by atomic mass is 10.1. The number of rotatable bonds is 4. The van der Waals surface area contributed by atoms with E-state index in [1.54, 1.807) is 13.1 Å². The van der Waals surface area contributed by atoms with Gasteiger partial charge in [-0.2, -0.15) is 0 Å². The van der Waals surface area contributed by atoms with Crippen molar-refractivity contribution in [3.63, 3.8) is 0 Å². The summed E-state index contributed by atoms with van der Waals surface area (Å²) in [5.74, 6) is 0. The first-order chi connectivity index (χ1) is 9.75. The lowest BCUT2D eigenvalue weighted by molar-refractivity contribution is 0.596. The molecule has 0 aliphatic rings. The molecule has 0 saturated carbocycles. The molecule has 0 saturated heterocycles. The Bertz CT molecular complexity index is 744. The summed E-state index contributed by atoms with van der Waals surface area (Å²) in [5, 5.41) is 0. The van der Waals surface area contributed by atoms with Crippen molar-refractivity contribution in [3.8, 4) is 0 Å². The van der Waals surface area contributed by atoms with Crippen molar-refractivity contribution >= 4 is 27.0 Å². The van der Waals surface area contributed by atoms with Crippen LogP contribution in [0.25, 0.3) is 0 Å². The zero-order chi connectivity index (χ0) is 15.8. The van der Waals surface area contributed by atoms with E-state index in [2.05, 4.69) is 0 Å². The van der Waals surface area contributed by atoms with E-state index in [1.165, 1.54) is 15.6 Å². The van der Waals surface area contributed by atoms with Crippen molar-refractivity contribution in [2.24, 2.45) is 5.73 Å². The minimum absolute atomic E-state index is 0.335. The summed E-state index contributed by atoms with van der Waals surface area (Å²) in [4.78, 5) is 0.905. The molecule has 1 aromatic heterocycles. The number of hydrogen-bond acceptors (Lipinski definition) is 4. The molecule has 114 valence electrons. The number of thiophene rings is 1. The van der Waals surface area contributed by atoms with Gasteiger partial charge in [-0.05, 0) is 55.7 Å². The van der Waals surface area contributed by atoms with Crippen molar-refractivity contribution in [2.45, 2.75) is 31.5 Å². The van der Waals surface area contributed by atoms with Crippen molar-refractivity contribution in [2.75, 3.05) is 11.4 Å². The Morgan fingerprint density at radius 3 is 2.14 bits per heavy atom. The van der Waals surface area contributed by atoms with Gasteiger partial charge in [0.1, 0.15) is 4.21 Å². The first-order valence-corrected chi connectivity index (χ1v) is 8.88. The molecule has 0 radical (unpaired) electrons. The van der Waals surface area contributed by atoms with E-state index >= 15 is 0 Å². The Kier molecular flexibility index (Phi) is 4.41. The SMILES string of the molecule is Cc1cc(C)cc(N(C)S(=O)(=O)c2cc(C)c(CN)s2)c1. The summed E-state index contributed by atoms with van der Waals surface area (Å²) < 4.78 is 27.1. The topological polar surface area (TPSA) is 63.4 Å². The van der Waals surface area contributed by atoms with Crippen LogP contribution in [0.5, 0.6) is 0 Å². The lowest BCUT2D eigenvalue weighted by Gasteiger charge is -2.19. The molecule has 1 aromatic carbocycles. The fourth-order valence-electron chi connectivity index (χ4n) is 2.22. The van der Waals surface area contributed by atoms with Crippen LogP contribution in [0.2, 0.25) is 0 Å². The monoisotopic (exact) mass is 324 g/mol. The van der Waals surface area contributed by atoms with Crippen molar-refractivity contribution in [1.29, 1.82) is 0 Å². The van der Waals surface area contributed by atoms with Crippen LogP contribution in [0.15, 0.2) is 28.5 Å². The van der Waals surface area contributed by atoms with E-state index in [9.17, 15) is 8.42 Å². The Labute approximate surface area is 130 Å². The maximum Gasteiger partial charge on any atom is 0.273 e. The molecule has 4 nitrogen and oxygen atoms in total. The van der Waals surface area contributed by atoms with Crippen molar-refractivity contribution in [3.05, 3.63) is 45.8 Å². The second-order valence-electron chi connectivity index (χ2n) is 5.19. The highest BCUT2D eigenvalue weighted by Gasteiger charge is 2.24. The van der Waals surface area contributed by atoms with E-state index < -0.39 is 10.0 Å². The van der Waals surface area contributed by atoms with Gasteiger partial charge in [0.25, 0.3) is 10.0 Å². The number of anilines is 1. The molecular formula is C15H20N2O2S2. The molecule has 0 spiro atoms. The Hall–Kier alpha value is -1.37. The van der Waals surface area contributed by atoms with E-state index in [0.29, 0.717) is 16.4 Å². The summed E-state index contributed by atoms with van der Waals surface area (Å²) in [6.07, 6.45) is 0. The summed E-state index contributed by atoms with van der Waals surface area (Å²) >= 11 is 1.24. The first kappa shape index (κ1) is 16.0. The highest BCUT2D eigenvalue weighted by molar-refractivity contribution is 7.94. The Morgan fingerprint density at radius 2 is 1.67 bits per heavy atom. The molecule has 6 heteroatoms. The van der Waals surface area contributed by atoms with Crippen LogP contribution in [0.4, 0.5) is 5.69 Å². The van der Waals surface area contributed by atoms with Gasteiger partial charge in [0, 0.05) is 18.5 Å². The van der Waals surface area contributed by atoms with Crippen LogP contribution in [-0.2, 0) is 16.6 Å². The number of sulfonamides is 1. The predicted molar refractivity (Wildman–Crippen MR) is 88.5 cm³/mol. The molecule has 0 amide bonds. The van der Waals surface area contributed by atoms with E-state index in [0.717, 1.165) is 21.6 Å². The highest BCUT2D eigenvalue weighted by atomic mass is 32.2. The van der Waals surface area contributed by atoms with Gasteiger partial charge in [-0.1, -0.05) is 6.07 Å². The average Bonchev–Trinajstić information content (AvgIpc) is 2.78. The van der Waals surface area contributed by atoms with Gasteiger partial charge in [-0.15, -0.1) is 11.3 Å². The molecule has 2 aromatic rings. The molecular weight excluding hydrogens is 304 g/mol. The summed E-state index contributed by atoms with van der Waals surface area (Å²) in [6.45, 7) is 6.16. The van der Waals surface area contributed by atoms with Gasteiger partial charge >= 0.3 is 0 Å². The Morgan fingerprint density at radius 1 is 1.10 bits per heavy atom. The first-order valence-electron chi connectivity index (χ1n) is 6.62. The minimum atomic E-state index is -3.54. The maximum absolute atomic E-state index is 12.7. The minimum Gasteiger partial charge on any atom is -0.326 e. The van der Waals surface area contributed by atoms with Gasteiger partial charge in [0.05, 0.1) is 5.69 Å². The third-order valence-corrected chi connectivity index (χ3v) is 6.86. The van der Waals surface area contributed by atoms with Crippen LogP contribution >= 0.6 is 11.3 Å². The van der Waals surface area contributed by atoms with E-state index in [1.807, 2.05) is 39.0 Å². The van der Waals surface area contributed by atoms with Crippen molar-refractivity contribution in [1.82, 2.24) is 0 Å². The molecule has 0 unspecified atom stereocenters. The summed E-state index contributed by atoms with van der Waals surface area (Å²) in [6, 6.07) is 7.46. The highest BCUT2D eigenvalue weighted by Crippen LogP contribution is 2.30. The number of nitrogens with zero attached hydrogens (tertiary/aromatic N) is 1. The maximum atomic E-state index is 12.7. The van der Waals surface area contributed by atoms with E-state index in [-0.39, 0.29) is 0 Å². The molecule has 2 N–H and O–H groups in total. The molecule has 21 heavy (non-hydrogen) atoms. The van der Waals surface area contributed by atoms with Gasteiger partial charge in [-0.25, -0.2) is 8.42 Å². The second-order valence-corrected chi connectivity index (χ2v) is 8.53. The van der Waals surface area contributed by atoms with Crippen molar-refractivity contribution < 1.29 is 8.42 Å². The van der Waals surface area contributed by atoms with E-state index in [4.69, 9.17) is 5.73 Å². The van der Waals surface area contributed by atoms with Gasteiger partial charge < -0.3 is 5.73 Å². The third-order valence-electron chi connectivity index (χ3n) is 3.37. The molecule has 0 aliphatic carbocycles. The largest absolute Gasteiger partial charge is 0.326 e. The summed E-state index contributed by atoms with van der Waals surface area (Å²) in [7, 11) is -1.96. The van der Waals surface area contributed by atoms with Crippen LogP contribution in [0.1, 0.15) is 21.6 Å². The average molecular weight is 324 g/mol. The predicted octanol–water partition coefficient (Wildman–Crippen LogP) is 2.96. The fourth-order valence-corrected chi connectivity index (χ4v) is 5.04. The van der Waals surface area contributed by atoms with Gasteiger partial charge in [0.15, 0.2) is 0 Å². The fraction of sp³-hybridized carbons (Fsp3) is 0.333. The van der Waals surface area contributed by atoms with Crippen LogP contribution in [0, 0.1) is 20.8 Å². The smallest absolute Gasteiger partial charge is 0.273 e. The molecule has 1 heterocycles. The normalized spacial score (nSPS) is 11.7. The standard InChI is InChI=1S/C15H20N2O2S2/c1-10-5-11(2)7-13(6-10)17(4)21(18,19)15-8-12(3)14(9-16)20-15/h5-8H,9,16H2,1-4H3.